The molecule has 1 aliphatic heterocycles. The van der Waals surface area contributed by atoms with Crippen molar-refractivity contribution < 1.29 is 9.53 Å². The van der Waals surface area contributed by atoms with Crippen LogP contribution in [-0.2, 0) is 4.79 Å². The minimum absolute atomic E-state index is 0.00288. The number of amides is 1. The lowest BCUT2D eigenvalue weighted by Crippen LogP contribution is -2.42. The highest BCUT2D eigenvalue weighted by molar-refractivity contribution is 5.81. The summed E-state index contributed by atoms with van der Waals surface area (Å²) in [4.78, 5) is 15.1. The number of benzene rings is 2. The normalized spacial score (nSPS) is 18.5. The number of ether oxygens (including phenoxy) is 1. The van der Waals surface area contributed by atoms with Crippen LogP contribution in [0.1, 0.15) is 49.8 Å². The Morgan fingerprint density at radius 1 is 1.15 bits per heavy atom. The minimum Gasteiger partial charge on any atom is -0.481 e. The minimum atomic E-state index is -0.590. The maximum Gasteiger partial charge on any atom is 0.263 e. The van der Waals surface area contributed by atoms with Crippen molar-refractivity contribution in [1.82, 2.24) is 4.90 Å². The van der Waals surface area contributed by atoms with Gasteiger partial charge in [0, 0.05) is 6.54 Å². The highest BCUT2D eigenvalue weighted by Crippen LogP contribution is 2.31. The van der Waals surface area contributed by atoms with Crippen LogP contribution in [0.2, 0.25) is 0 Å². The van der Waals surface area contributed by atoms with Crippen molar-refractivity contribution >= 4 is 5.91 Å². The van der Waals surface area contributed by atoms with E-state index in [1.807, 2.05) is 23.1 Å². The number of carbonyl (C=O) groups is 1. The predicted octanol–water partition coefficient (Wildman–Crippen LogP) is 4.47. The van der Waals surface area contributed by atoms with Gasteiger partial charge in [0.05, 0.1) is 17.7 Å². The zero-order valence-electron chi connectivity index (χ0n) is 15.1. The fraction of sp³-hybridized carbons (Fsp3) is 0.364. The van der Waals surface area contributed by atoms with E-state index in [0.717, 1.165) is 32.2 Å². The Kier molecular flexibility index (Phi) is 5.91. The number of hydrogen-bond acceptors (Lipinski definition) is 3. The Balaban J connectivity index is 1.77. The molecule has 3 rings (SSSR count). The van der Waals surface area contributed by atoms with Crippen LogP contribution in [0.25, 0.3) is 0 Å². The van der Waals surface area contributed by atoms with Gasteiger partial charge in [-0.05, 0) is 43.5 Å². The van der Waals surface area contributed by atoms with Crippen molar-refractivity contribution in [2.45, 2.75) is 44.8 Å². The number of nitriles is 1. The summed E-state index contributed by atoms with van der Waals surface area (Å²) in [6, 6.07) is 19.4. The lowest BCUT2D eigenvalue weighted by molar-refractivity contribution is -0.140. The largest absolute Gasteiger partial charge is 0.481 e. The van der Waals surface area contributed by atoms with Gasteiger partial charge in [-0.1, -0.05) is 49.2 Å². The van der Waals surface area contributed by atoms with Crippen LogP contribution in [0.4, 0.5) is 0 Å². The monoisotopic (exact) mass is 348 g/mol. The average Bonchev–Trinajstić information content (AvgIpc) is 2.94. The highest BCUT2D eigenvalue weighted by Gasteiger charge is 2.30. The molecule has 1 saturated heterocycles. The van der Waals surface area contributed by atoms with E-state index in [-0.39, 0.29) is 11.9 Å². The zero-order chi connectivity index (χ0) is 18.4. The van der Waals surface area contributed by atoms with Crippen LogP contribution >= 0.6 is 0 Å². The standard InChI is InChI=1S/C22H24N2O2/c1-17(26-20-12-8-9-18(15-20)16-23)22(25)24-14-7-3-6-13-21(24)19-10-4-2-5-11-19/h2,4-5,8-12,15,17,21H,3,6-7,13-14H2,1H3. The van der Waals surface area contributed by atoms with Crippen molar-refractivity contribution in [2.24, 2.45) is 0 Å². The van der Waals surface area contributed by atoms with Crippen LogP contribution in [0, 0.1) is 11.3 Å². The molecule has 2 aromatic rings. The number of nitrogens with zero attached hydrogens (tertiary/aromatic N) is 2. The highest BCUT2D eigenvalue weighted by atomic mass is 16.5. The molecule has 1 aliphatic rings. The van der Waals surface area contributed by atoms with Gasteiger partial charge in [0.25, 0.3) is 5.91 Å². The van der Waals surface area contributed by atoms with Crippen molar-refractivity contribution in [1.29, 1.82) is 5.26 Å². The molecule has 2 aromatic carbocycles. The Hall–Kier alpha value is -2.80. The van der Waals surface area contributed by atoms with Gasteiger partial charge in [0.2, 0.25) is 0 Å². The molecule has 1 heterocycles. The first-order valence-electron chi connectivity index (χ1n) is 9.21. The maximum absolute atomic E-state index is 13.1. The molecule has 1 amide bonds. The van der Waals surface area contributed by atoms with E-state index in [4.69, 9.17) is 10.00 Å². The summed E-state index contributed by atoms with van der Waals surface area (Å²) in [5.41, 5.74) is 1.71. The topological polar surface area (TPSA) is 53.3 Å². The van der Waals surface area contributed by atoms with Gasteiger partial charge in [-0.3, -0.25) is 4.79 Å². The predicted molar refractivity (Wildman–Crippen MR) is 101 cm³/mol. The average molecular weight is 348 g/mol. The summed E-state index contributed by atoms with van der Waals surface area (Å²) in [5.74, 6) is 0.555. The van der Waals surface area contributed by atoms with E-state index in [9.17, 15) is 4.79 Å². The van der Waals surface area contributed by atoms with Crippen molar-refractivity contribution in [2.75, 3.05) is 6.54 Å². The Bertz CT molecular complexity index is 782. The lowest BCUT2D eigenvalue weighted by atomic mass is 10.0. The molecule has 0 spiro atoms. The molecule has 4 heteroatoms. The molecule has 26 heavy (non-hydrogen) atoms. The van der Waals surface area contributed by atoms with E-state index < -0.39 is 6.10 Å². The Labute approximate surface area is 155 Å². The second-order valence-electron chi connectivity index (χ2n) is 6.71. The van der Waals surface area contributed by atoms with Gasteiger partial charge < -0.3 is 9.64 Å². The summed E-state index contributed by atoms with van der Waals surface area (Å²) in [5, 5.41) is 9.02. The van der Waals surface area contributed by atoms with Crippen molar-refractivity contribution in [3.8, 4) is 11.8 Å². The molecular weight excluding hydrogens is 324 g/mol. The molecule has 1 fully saturated rings. The first-order valence-corrected chi connectivity index (χ1v) is 9.21. The van der Waals surface area contributed by atoms with Gasteiger partial charge in [-0.25, -0.2) is 0 Å². The zero-order valence-corrected chi connectivity index (χ0v) is 15.1. The molecular formula is C22H24N2O2. The number of carbonyl (C=O) groups excluding carboxylic acids is 1. The van der Waals surface area contributed by atoms with Crippen LogP contribution in [-0.4, -0.2) is 23.5 Å². The third-order valence-electron chi connectivity index (χ3n) is 4.84. The summed E-state index contributed by atoms with van der Waals surface area (Å²) in [6.45, 7) is 2.54. The molecule has 0 saturated carbocycles. The molecule has 0 aliphatic carbocycles. The maximum atomic E-state index is 13.1. The second kappa shape index (κ2) is 8.53. The van der Waals surface area contributed by atoms with Gasteiger partial charge in [0.1, 0.15) is 5.75 Å². The molecule has 0 aromatic heterocycles. The first-order chi connectivity index (χ1) is 12.7. The van der Waals surface area contributed by atoms with E-state index >= 15 is 0 Å². The van der Waals surface area contributed by atoms with Gasteiger partial charge in [0.15, 0.2) is 6.10 Å². The van der Waals surface area contributed by atoms with E-state index in [0.29, 0.717) is 11.3 Å². The Morgan fingerprint density at radius 2 is 1.96 bits per heavy atom. The van der Waals surface area contributed by atoms with Crippen LogP contribution in [0.5, 0.6) is 5.75 Å². The second-order valence-corrected chi connectivity index (χ2v) is 6.71. The third-order valence-corrected chi connectivity index (χ3v) is 4.84. The molecule has 2 atom stereocenters. The van der Waals surface area contributed by atoms with Gasteiger partial charge in [-0.2, -0.15) is 5.26 Å². The SMILES string of the molecule is CC(Oc1cccc(C#N)c1)C(=O)N1CCCCCC1c1ccccc1. The van der Waals surface area contributed by atoms with Crippen LogP contribution in [0.15, 0.2) is 54.6 Å². The van der Waals surface area contributed by atoms with Gasteiger partial charge >= 0.3 is 0 Å². The lowest BCUT2D eigenvalue weighted by Gasteiger charge is -2.32. The van der Waals surface area contributed by atoms with Gasteiger partial charge in [-0.15, -0.1) is 0 Å². The molecule has 134 valence electrons. The Morgan fingerprint density at radius 3 is 2.73 bits per heavy atom. The summed E-state index contributed by atoms with van der Waals surface area (Å²) < 4.78 is 5.85. The smallest absolute Gasteiger partial charge is 0.263 e. The fourth-order valence-corrected chi connectivity index (χ4v) is 3.52. The number of hydrogen-bond donors (Lipinski definition) is 0. The third kappa shape index (κ3) is 4.23. The van der Waals surface area contributed by atoms with E-state index in [1.165, 1.54) is 5.56 Å². The van der Waals surface area contributed by atoms with Crippen LogP contribution < -0.4 is 4.74 Å². The molecule has 0 N–H and O–H groups in total. The summed E-state index contributed by atoms with van der Waals surface area (Å²) >= 11 is 0. The van der Waals surface area contributed by atoms with Crippen molar-refractivity contribution in [3.63, 3.8) is 0 Å². The van der Waals surface area contributed by atoms with E-state index in [1.54, 1.807) is 31.2 Å². The molecule has 0 radical (unpaired) electrons. The van der Waals surface area contributed by atoms with Crippen molar-refractivity contribution in [3.05, 3.63) is 65.7 Å². The van der Waals surface area contributed by atoms with Crippen LogP contribution in [0.3, 0.4) is 0 Å². The molecule has 2 unspecified atom stereocenters. The number of rotatable bonds is 4. The summed E-state index contributed by atoms with van der Waals surface area (Å²) in [6.07, 6.45) is 3.68. The number of likely N-dealkylation sites (tertiary alicyclic amines) is 1. The fourth-order valence-electron chi connectivity index (χ4n) is 3.52. The van der Waals surface area contributed by atoms with E-state index in [2.05, 4.69) is 18.2 Å². The quantitative estimate of drug-likeness (QED) is 0.819. The molecule has 4 nitrogen and oxygen atoms in total. The summed E-state index contributed by atoms with van der Waals surface area (Å²) in [7, 11) is 0. The first kappa shape index (κ1) is 18.0. The molecule has 0 bridgehead atoms.